The second kappa shape index (κ2) is 4.05. The minimum atomic E-state index is -0.972. The van der Waals surface area contributed by atoms with Gasteiger partial charge in [-0.1, -0.05) is 0 Å². The number of carboxylic acid groups (broad SMARTS) is 1. The highest BCUT2D eigenvalue weighted by Gasteiger charge is 2.46. The van der Waals surface area contributed by atoms with Crippen LogP contribution in [-0.4, -0.2) is 47.2 Å². The van der Waals surface area contributed by atoms with Gasteiger partial charge in [0.25, 0.3) is 0 Å². The molecule has 2 fully saturated rings. The van der Waals surface area contributed by atoms with Gasteiger partial charge in [0.1, 0.15) is 6.04 Å². The van der Waals surface area contributed by atoms with Gasteiger partial charge in [0.2, 0.25) is 5.91 Å². The molecule has 4 unspecified atom stereocenters. The van der Waals surface area contributed by atoms with Gasteiger partial charge >= 0.3 is 5.97 Å². The van der Waals surface area contributed by atoms with Crippen molar-refractivity contribution in [2.75, 3.05) is 7.05 Å². The van der Waals surface area contributed by atoms with Crippen molar-refractivity contribution in [1.29, 1.82) is 0 Å². The molecule has 0 aromatic heterocycles. The first-order chi connectivity index (χ1) is 7.50. The molecule has 0 aliphatic carbocycles. The number of nitrogens with zero attached hydrogens (tertiary/aromatic N) is 1. The van der Waals surface area contributed by atoms with Crippen molar-refractivity contribution >= 4 is 11.9 Å². The number of hydrogen-bond acceptors (Lipinski definition) is 3. The van der Waals surface area contributed by atoms with Crippen LogP contribution in [0.5, 0.6) is 0 Å². The van der Waals surface area contributed by atoms with Gasteiger partial charge in [-0.25, -0.2) is 4.79 Å². The van der Waals surface area contributed by atoms with E-state index in [4.69, 9.17) is 9.84 Å². The van der Waals surface area contributed by atoms with Gasteiger partial charge < -0.3 is 14.7 Å². The van der Waals surface area contributed by atoms with Gasteiger partial charge in [-0.15, -0.1) is 0 Å². The zero-order valence-electron chi connectivity index (χ0n) is 9.55. The largest absolute Gasteiger partial charge is 0.480 e. The standard InChI is InChI=1S/C11H17NO4/c1-6(11(14)15)12(2)10(13)8-5-7-3-4-9(8)16-7/h6-9H,3-5H2,1-2H3,(H,14,15). The molecule has 5 heteroatoms. The lowest BCUT2D eigenvalue weighted by Gasteiger charge is -2.27. The molecular weight excluding hydrogens is 210 g/mol. The number of ether oxygens (including phenoxy) is 1. The molecule has 0 saturated carbocycles. The fourth-order valence-corrected chi connectivity index (χ4v) is 2.52. The number of carbonyl (C=O) groups excluding carboxylic acids is 1. The number of rotatable bonds is 3. The maximum absolute atomic E-state index is 12.1. The van der Waals surface area contributed by atoms with Crippen molar-refractivity contribution in [3.8, 4) is 0 Å². The molecule has 2 saturated heterocycles. The van der Waals surface area contributed by atoms with E-state index in [1.165, 1.54) is 11.8 Å². The van der Waals surface area contributed by atoms with Crippen LogP contribution in [0.15, 0.2) is 0 Å². The van der Waals surface area contributed by atoms with E-state index in [0.717, 1.165) is 19.3 Å². The van der Waals surface area contributed by atoms with E-state index < -0.39 is 12.0 Å². The highest BCUT2D eigenvalue weighted by Crippen LogP contribution is 2.39. The average Bonchev–Trinajstić information content (AvgIpc) is 2.87. The lowest BCUT2D eigenvalue weighted by Crippen LogP contribution is -2.45. The third kappa shape index (κ3) is 1.80. The molecule has 2 bridgehead atoms. The van der Waals surface area contributed by atoms with Crippen LogP contribution in [-0.2, 0) is 14.3 Å². The third-order valence-electron chi connectivity index (χ3n) is 3.71. The van der Waals surface area contributed by atoms with Crippen LogP contribution in [0, 0.1) is 5.92 Å². The topological polar surface area (TPSA) is 66.8 Å². The molecule has 2 aliphatic heterocycles. The predicted molar refractivity (Wildman–Crippen MR) is 55.9 cm³/mol. The number of hydrogen-bond donors (Lipinski definition) is 1. The predicted octanol–water partition coefficient (Wildman–Crippen LogP) is 0.485. The van der Waals surface area contributed by atoms with Crippen LogP contribution in [0.2, 0.25) is 0 Å². The SMILES string of the molecule is CC(C(=O)O)N(C)C(=O)C1CC2CCC1O2. The van der Waals surface area contributed by atoms with Crippen LogP contribution in [0.4, 0.5) is 0 Å². The Morgan fingerprint density at radius 3 is 2.56 bits per heavy atom. The highest BCUT2D eigenvalue weighted by atomic mass is 16.5. The number of fused-ring (bicyclic) bond motifs is 2. The number of aliphatic carboxylic acids is 1. The summed E-state index contributed by atoms with van der Waals surface area (Å²) in [5.41, 5.74) is 0. The van der Waals surface area contributed by atoms with Crippen LogP contribution in [0.25, 0.3) is 0 Å². The summed E-state index contributed by atoms with van der Waals surface area (Å²) in [6, 6.07) is -0.772. The Hall–Kier alpha value is -1.10. The second-order valence-corrected chi connectivity index (χ2v) is 4.68. The third-order valence-corrected chi connectivity index (χ3v) is 3.71. The van der Waals surface area contributed by atoms with Gasteiger partial charge in [0.15, 0.2) is 0 Å². The molecule has 90 valence electrons. The summed E-state index contributed by atoms with van der Waals surface area (Å²) in [5, 5.41) is 8.85. The minimum absolute atomic E-state index is 0.0148. The molecule has 2 heterocycles. The van der Waals surface area contributed by atoms with Crippen LogP contribution < -0.4 is 0 Å². The van der Waals surface area contributed by atoms with Gasteiger partial charge in [-0.3, -0.25) is 4.79 Å². The van der Waals surface area contributed by atoms with Crippen LogP contribution in [0.3, 0.4) is 0 Å². The number of amides is 1. The van der Waals surface area contributed by atoms with E-state index in [-0.39, 0.29) is 24.0 Å². The summed E-state index contributed by atoms with van der Waals surface area (Å²) in [5.74, 6) is -1.20. The molecule has 2 aliphatic rings. The number of likely N-dealkylation sites (N-methyl/N-ethyl adjacent to an activating group) is 1. The van der Waals surface area contributed by atoms with E-state index in [2.05, 4.69) is 0 Å². The van der Waals surface area contributed by atoms with E-state index in [1.807, 2.05) is 0 Å². The summed E-state index contributed by atoms with van der Waals surface area (Å²) < 4.78 is 5.60. The smallest absolute Gasteiger partial charge is 0.326 e. The molecule has 0 aromatic rings. The van der Waals surface area contributed by atoms with E-state index in [1.54, 1.807) is 7.05 Å². The van der Waals surface area contributed by atoms with E-state index >= 15 is 0 Å². The molecule has 0 spiro atoms. The lowest BCUT2D eigenvalue weighted by molar-refractivity contribution is -0.150. The van der Waals surface area contributed by atoms with Crippen molar-refractivity contribution in [3.63, 3.8) is 0 Å². The van der Waals surface area contributed by atoms with Crippen LogP contribution in [0.1, 0.15) is 26.2 Å². The summed E-state index contributed by atoms with van der Waals surface area (Å²) >= 11 is 0. The van der Waals surface area contributed by atoms with Crippen LogP contribution >= 0.6 is 0 Å². The summed E-state index contributed by atoms with van der Waals surface area (Å²) in [4.78, 5) is 24.2. The zero-order chi connectivity index (χ0) is 11.9. The Bertz CT molecular complexity index is 317. The van der Waals surface area contributed by atoms with Gasteiger partial charge in [-0.2, -0.15) is 0 Å². The fraction of sp³-hybridized carbons (Fsp3) is 0.818. The Kier molecular flexibility index (Phi) is 2.88. The average molecular weight is 227 g/mol. The lowest BCUT2D eigenvalue weighted by atomic mass is 9.88. The second-order valence-electron chi connectivity index (χ2n) is 4.68. The monoisotopic (exact) mass is 227 g/mol. The summed E-state index contributed by atoms with van der Waals surface area (Å²) in [6.45, 7) is 1.52. The first-order valence-corrected chi connectivity index (χ1v) is 5.65. The highest BCUT2D eigenvalue weighted by molar-refractivity contribution is 5.85. The van der Waals surface area contributed by atoms with Gasteiger partial charge in [0.05, 0.1) is 18.1 Å². The Balaban J connectivity index is 2.00. The molecule has 1 amide bonds. The first kappa shape index (κ1) is 11.4. The van der Waals surface area contributed by atoms with Gasteiger partial charge in [-0.05, 0) is 26.2 Å². The Morgan fingerprint density at radius 2 is 2.12 bits per heavy atom. The van der Waals surface area contributed by atoms with Gasteiger partial charge in [0, 0.05) is 7.05 Å². The summed E-state index contributed by atoms with van der Waals surface area (Å²) in [7, 11) is 1.55. The molecule has 4 atom stereocenters. The molecule has 0 aromatic carbocycles. The normalized spacial score (nSPS) is 33.8. The molecule has 5 nitrogen and oxygen atoms in total. The number of carboxylic acids is 1. The summed E-state index contributed by atoms with van der Waals surface area (Å²) in [6.07, 6.45) is 2.94. The zero-order valence-corrected chi connectivity index (χ0v) is 9.55. The molecule has 16 heavy (non-hydrogen) atoms. The Labute approximate surface area is 94.4 Å². The van der Waals surface area contributed by atoms with E-state index in [9.17, 15) is 9.59 Å². The first-order valence-electron chi connectivity index (χ1n) is 5.65. The number of carbonyl (C=O) groups is 2. The fourth-order valence-electron chi connectivity index (χ4n) is 2.52. The van der Waals surface area contributed by atoms with E-state index in [0.29, 0.717) is 0 Å². The van der Waals surface area contributed by atoms with Crippen molar-refractivity contribution in [3.05, 3.63) is 0 Å². The molecular formula is C11H17NO4. The quantitative estimate of drug-likeness (QED) is 0.761. The van der Waals surface area contributed by atoms with Crippen molar-refractivity contribution in [2.24, 2.45) is 5.92 Å². The minimum Gasteiger partial charge on any atom is -0.480 e. The molecule has 2 rings (SSSR count). The van der Waals surface area contributed by atoms with Crippen molar-refractivity contribution in [1.82, 2.24) is 4.90 Å². The van der Waals surface area contributed by atoms with Crippen molar-refractivity contribution < 1.29 is 19.4 Å². The molecule has 0 radical (unpaired) electrons. The maximum atomic E-state index is 12.1. The maximum Gasteiger partial charge on any atom is 0.326 e. The Morgan fingerprint density at radius 1 is 1.44 bits per heavy atom. The molecule has 1 N–H and O–H groups in total. The van der Waals surface area contributed by atoms with Crippen molar-refractivity contribution in [2.45, 2.75) is 44.4 Å².